The number of rotatable bonds is 8. The van der Waals surface area contributed by atoms with Crippen LogP contribution in [-0.4, -0.2) is 45.6 Å². The van der Waals surface area contributed by atoms with Gasteiger partial charge in [-0.05, 0) is 55.1 Å². The average molecular weight is 409 g/mol. The van der Waals surface area contributed by atoms with Gasteiger partial charge in [0.1, 0.15) is 5.75 Å². The Morgan fingerprint density at radius 2 is 1.74 bits per heavy atom. The Bertz CT molecular complexity index is 866. The maximum Gasteiger partial charge on any atom is 0.243 e. The summed E-state index contributed by atoms with van der Waals surface area (Å²) in [6.07, 6.45) is 1.92. The first kappa shape index (κ1) is 21.3. The van der Waals surface area contributed by atoms with Crippen molar-refractivity contribution in [3.8, 4) is 5.75 Å². The summed E-state index contributed by atoms with van der Waals surface area (Å²) in [7, 11) is -0.735. The highest BCUT2D eigenvalue weighted by Crippen LogP contribution is 2.20. The molecule has 0 heterocycles. The number of likely N-dealkylation sites (N-methyl/N-ethyl adjacent to an activating group) is 1. The van der Waals surface area contributed by atoms with E-state index in [-0.39, 0.29) is 23.4 Å². The molecule has 0 saturated carbocycles. The van der Waals surface area contributed by atoms with Crippen molar-refractivity contribution in [3.63, 3.8) is 0 Å². The Kier molecular flexibility index (Phi) is 7.29. The third-order valence-electron chi connectivity index (χ3n) is 4.13. The standard InChI is InChI=1S/C19H24N2O4S2/c1-14(15-5-7-16(25-3)8-6-15)20-19(22)13-21(2)27(23,24)18-11-9-17(26-4)10-12-18/h5-12,14H,13H2,1-4H3,(H,20,22)/t14-/m0/s1. The topological polar surface area (TPSA) is 75.7 Å². The number of nitrogens with zero attached hydrogens (tertiary/aromatic N) is 1. The van der Waals surface area contributed by atoms with Crippen LogP contribution in [0.1, 0.15) is 18.5 Å². The number of carbonyl (C=O) groups excluding carboxylic acids is 1. The molecule has 0 radical (unpaired) electrons. The van der Waals surface area contributed by atoms with Crippen LogP contribution in [0.3, 0.4) is 0 Å². The van der Waals surface area contributed by atoms with Gasteiger partial charge in [-0.15, -0.1) is 11.8 Å². The van der Waals surface area contributed by atoms with E-state index in [2.05, 4.69) is 5.32 Å². The zero-order valence-corrected chi connectivity index (χ0v) is 17.4. The first-order valence-electron chi connectivity index (χ1n) is 8.31. The highest BCUT2D eigenvalue weighted by molar-refractivity contribution is 7.98. The van der Waals surface area contributed by atoms with Crippen LogP contribution in [0.4, 0.5) is 0 Å². The summed E-state index contributed by atoms with van der Waals surface area (Å²) < 4.78 is 31.4. The molecule has 1 amide bonds. The van der Waals surface area contributed by atoms with Gasteiger partial charge in [0.05, 0.1) is 24.6 Å². The molecule has 6 nitrogen and oxygen atoms in total. The maximum absolute atomic E-state index is 12.6. The molecule has 0 aliphatic carbocycles. The van der Waals surface area contributed by atoms with Gasteiger partial charge in [0, 0.05) is 11.9 Å². The second kappa shape index (κ2) is 9.25. The minimum atomic E-state index is -3.72. The zero-order valence-electron chi connectivity index (χ0n) is 15.8. The van der Waals surface area contributed by atoms with Gasteiger partial charge in [0.2, 0.25) is 15.9 Å². The van der Waals surface area contributed by atoms with Gasteiger partial charge >= 0.3 is 0 Å². The van der Waals surface area contributed by atoms with Crippen molar-refractivity contribution in [1.29, 1.82) is 0 Å². The van der Waals surface area contributed by atoms with Crippen LogP contribution in [0.2, 0.25) is 0 Å². The third kappa shape index (κ3) is 5.47. The van der Waals surface area contributed by atoms with Crippen LogP contribution < -0.4 is 10.1 Å². The lowest BCUT2D eigenvalue weighted by molar-refractivity contribution is -0.121. The van der Waals surface area contributed by atoms with Crippen LogP contribution in [0, 0.1) is 0 Å². The first-order chi connectivity index (χ1) is 12.8. The molecule has 2 aromatic carbocycles. The molecule has 0 aromatic heterocycles. The molecule has 1 N–H and O–H groups in total. The molecule has 146 valence electrons. The normalized spacial score (nSPS) is 12.6. The van der Waals surface area contributed by atoms with E-state index in [4.69, 9.17) is 4.74 Å². The predicted octanol–water partition coefficient (Wildman–Crippen LogP) is 2.92. The Hall–Kier alpha value is -2.03. The fraction of sp³-hybridized carbons (Fsp3) is 0.316. The van der Waals surface area contributed by atoms with Gasteiger partial charge in [-0.2, -0.15) is 4.31 Å². The summed E-state index contributed by atoms with van der Waals surface area (Å²) >= 11 is 1.53. The number of hydrogen-bond donors (Lipinski definition) is 1. The van der Waals surface area contributed by atoms with Crippen LogP contribution in [0.5, 0.6) is 5.75 Å². The lowest BCUT2D eigenvalue weighted by Gasteiger charge is -2.19. The number of thioether (sulfide) groups is 1. The Morgan fingerprint density at radius 1 is 1.15 bits per heavy atom. The molecule has 0 spiro atoms. The average Bonchev–Trinajstić information content (AvgIpc) is 2.67. The largest absolute Gasteiger partial charge is 0.497 e. The number of amides is 1. The van der Waals surface area contributed by atoms with E-state index in [0.29, 0.717) is 0 Å². The lowest BCUT2D eigenvalue weighted by atomic mass is 10.1. The number of sulfonamides is 1. The minimum Gasteiger partial charge on any atom is -0.497 e. The highest BCUT2D eigenvalue weighted by Gasteiger charge is 2.23. The fourth-order valence-electron chi connectivity index (χ4n) is 2.48. The molecule has 2 aromatic rings. The quantitative estimate of drug-likeness (QED) is 0.680. The number of ether oxygens (including phenoxy) is 1. The molecule has 27 heavy (non-hydrogen) atoms. The Morgan fingerprint density at radius 3 is 2.26 bits per heavy atom. The third-order valence-corrected chi connectivity index (χ3v) is 6.69. The van der Waals surface area contributed by atoms with Gasteiger partial charge in [-0.1, -0.05) is 12.1 Å². The second-order valence-corrected chi connectivity index (χ2v) is 8.92. The zero-order chi connectivity index (χ0) is 20.0. The molecule has 0 aliphatic rings. The number of carbonyl (C=O) groups is 1. The SMILES string of the molecule is COc1ccc([C@H](C)NC(=O)CN(C)S(=O)(=O)c2ccc(SC)cc2)cc1. The van der Waals surface area contributed by atoms with Crippen molar-refractivity contribution in [1.82, 2.24) is 9.62 Å². The smallest absolute Gasteiger partial charge is 0.243 e. The molecule has 0 aliphatic heterocycles. The summed E-state index contributed by atoms with van der Waals surface area (Å²) in [5.74, 6) is 0.362. The maximum atomic E-state index is 12.6. The number of methoxy groups -OCH3 is 1. The fourth-order valence-corrected chi connectivity index (χ4v) is 4.01. The second-order valence-electron chi connectivity index (χ2n) is 6.00. The molecule has 0 unspecified atom stereocenters. The molecule has 1 atom stereocenters. The molecular weight excluding hydrogens is 384 g/mol. The van der Waals surface area contributed by atoms with E-state index in [1.807, 2.05) is 37.4 Å². The van der Waals surface area contributed by atoms with Crippen LogP contribution in [0.15, 0.2) is 58.3 Å². The van der Waals surface area contributed by atoms with Crippen LogP contribution >= 0.6 is 11.8 Å². The summed E-state index contributed by atoms with van der Waals surface area (Å²) in [4.78, 5) is 13.4. The minimum absolute atomic E-state index is 0.166. The van der Waals surface area contributed by atoms with Gasteiger partial charge in [0.25, 0.3) is 0 Å². The van der Waals surface area contributed by atoms with Crippen LogP contribution in [-0.2, 0) is 14.8 Å². The summed E-state index contributed by atoms with van der Waals surface area (Å²) in [6, 6.07) is 13.7. The van der Waals surface area contributed by atoms with Gasteiger partial charge in [-0.3, -0.25) is 4.79 Å². The molecule has 0 saturated heterocycles. The van der Waals surface area contributed by atoms with E-state index in [0.717, 1.165) is 20.5 Å². The van der Waals surface area contributed by atoms with E-state index in [1.165, 1.54) is 18.8 Å². The van der Waals surface area contributed by atoms with Gasteiger partial charge in [-0.25, -0.2) is 8.42 Å². The summed E-state index contributed by atoms with van der Waals surface area (Å²) in [5.41, 5.74) is 0.905. The molecular formula is C19H24N2O4S2. The van der Waals surface area contributed by atoms with Gasteiger partial charge < -0.3 is 10.1 Å². The Labute approximate surface area is 165 Å². The highest BCUT2D eigenvalue weighted by atomic mass is 32.2. The van der Waals surface area contributed by atoms with Crippen molar-refractivity contribution < 1.29 is 17.9 Å². The predicted molar refractivity (Wildman–Crippen MR) is 108 cm³/mol. The van der Waals surface area contributed by atoms with Crippen molar-refractivity contribution in [3.05, 3.63) is 54.1 Å². The van der Waals surface area contributed by atoms with Crippen molar-refractivity contribution in [2.75, 3.05) is 27.0 Å². The number of nitrogens with one attached hydrogen (secondary N) is 1. The number of benzene rings is 2. The monoisotopic (exact) mass is 408 g/mol. The molecule has 0 bridgehead atoms. The molecule has 0 fully saturated rings. The molecule has 2 rings (SSSR count). The van der Waals surface area contributed by atoms with E-state index in [1.54, 1.807) is 31.4 Å². The van der Waals surface area contributed by atoms with Gasteiger partial charge in [0.15, 0.2) is 0 Å². The van der Waals surface area contributed by atoms with E-state index < -0.39 is 10.0 Å². The lowest BCUT2D eigenvalue weighted by Crippen LogP contribution is -2.39. The van der Waals surface area contributed by atoms with Crippen molar-refractivity contribution in [2.45, 2.75) is 22.8 Å². The van der Waals surface area contributed by atoms with E-state index in [9.17, 15) is 13.2 Å². The van der Waals surface area contributed by atoms with Crippen molar-refractivity contribution >= 4 is 27.7 Å². The summed E-state index contributed by atoms with van der Waals surface area (Å²) in [5, 5.41) is 2.82. The first-order valence-corrected chi connectivity index (χ1v) is 11.0. The molecule has 8 heteroatoms. The summed E-state index contributed by atoms with van der Waals surface area (Å²) in [6.45, 7) is 1.59. The van der Waals surface area contributed by atoms with Crippen LogP contribution in [0.25, 0.3) is 0 Å². The Balaban J connectivity index is 2.00. The van der Waals surface area contributed by atoms with Crippen molar-refractivity contribution in [2.24, 2.45) is 0 Å². The number of hydrogen-bond acceptors (Lipinski definition) is 5. The van der Waals surface area contributed by atoms with E-state index >= 15 is 0 Å².